The van der Waals surface area contributed by atoms with Crippen molar-refractivity contribution in [2.75, 3.05) is 18.6 Å². The van der Waals surface area contributed by atoms with Crippen molar-refractivity contribution in [1.82, 2.24) is 0 Å². The number of aryl methyl sites for hydroxylation is 1. The average molecular weight is 247 g/mol. The maximum Gasteiger partial charge on any atom is 0.337 e. The van der Waals surface area contributed by atoms with Crippen molar-refractivity contribution < 1.29 is 19.1 Å². The van der Waals surface area contributed by atoms with Gasteiger partial charge < -0.3 is 9.64 Å². The van der Waals surface area contributed by atoms with E-state index in [4.69, 9.17) is 0 Å². The lowest BCUT2D eigenvalue weighted by Crippen LogP contribution is -2.25. The second-order valence-corrected chi connectivity index (χ2v) is 4.19. The predicted octanol–water partition coefficient (Wildman–Crippen LogP) is 1.09. The zero-order valence-electron chi connectivity index (χ0n) is 10.2. The lowest BCUT2D eigenvalue weighted by molar-refractivity contribution is -0.121. The van der Waals surface area contributed by atoms with Gasteiger partial charge in [-0.3, -0.25) is 9.59 Å². The van der Waals surface area contributed by atoms with Crippen molar-refractivity contribution in [3.05, 3.63) is 29.3 Å². The summed E-state index contributed by atoms with van der Waals surface area (Å²) in [6.45, 7) is 1.90. The molecule has 0 saturated carbocycles. The second kappa shape index (κ2) is 4.60. The molecule has 0 unspecified atom stereocenters. The summed E-state index contributed by atoms with van der Waals surface area (Å²) < 4.78 is 4.63. The van der Waals surface area contributed by atoms with Crippen molar-refractivity contribution >= 4 is 23.3 Å². The Balaban J connectivity index is 2.41. The van der Waals surface area contributed by atoms with Crippen molar-refractivity contribution in [2.45, 2.75) is 13.3 Å². The molecule has 0 aliphatic carbocycles. The first kappa shape index (κ1) is 12.3. The highest BCUT2D eigenvalue weighted by atomic mass is 16.5. The number of hydrogen-bond acceptors (Lipinski definition) is 4. The van der Waals surface area contributed by atoms with Gasteiger partial charge in [0.05, 0.1) is 25.6 Å². The Bertz CT molecular complexity index is 536. The minimum absolute atomic E-state index is 0.0676. The zero-order valence-corrected chi connectivity index (χ0v) is 10.2. The molecule has 0 atom stereocenters. The summed E-state index contributed by atoms with van der Waals surface area (Å²) in [4.78, 5) is 35.8. The van der Waals surface area contributed by atoms with Gasteiger partial charge in [0.15, 0.2) is 5.78 Å². The van der Waals surface area contributed by atoms with Crippen molar-refractivity contribution in [1.29, 1.82) is 0 Å². The van der Waals surface area contributed by atoms with E-state index in [2.05, 4.69) is 4.74 Å². The van der Waals surface area contributed by atoms with Crippen LogP contribution in [0.2, 0.25) is 0 Å². The number of ether oxygens (including phenoxy) is 1. The molecule has 18 heavy (non-hydrogen) atoms. The summed E-state index contributed by atoms with van der Waals surface area (Å²) >= 11 is 0. The maximum atomic E-state index is 11.7. The number of Topliss-reactive ketones (excluding diaryl/α,β-unsaturated/α-hetero) is 1. The Labute approximate surface area is 104 Å². The Kier molecular flexibility index (Phi) is 3.14. The van der Waals surface area contributed by atoms with Gasteiger partial charge in [-0.05, 0) is 24.6 Å². The highest BCUT2D eigenvalue weighted by Crippen LogP contribution is 2.25. The molecule has 0 aromatic heterocycles. The number of amides is 1. The number of hydrogen-bond donors (Lipinski definition) is 0. The number of ketones is 1. The molecule has 1 amide bonds. The molecule has 94 valence electrons. The van der Waals surface area contributed by atoms with Gasteiger partial charge in [-0.25, -0.2) is 4.79 Å². The molecule has 0 bridgehead atoms. The standard InChI is InChI=1S/C13H13NO4/c1-8-3-4-9(13(17)18-2)5-11(8)14-7-10(15)6-12(14)16/h3-5H,6-7H2,1-2H3. The lowest BCUT2D eigenvalue weighted by atomic mass is 10.1. The number of esters is 1. The molecule has 5 heteroatoms. The number of carbonyl (C=O) groups excluding carboxylic acids is 3. The number of benzene rings is 1. The first-order valence-electron chi connectivity index (χ1n) is 5.54. The van der Waals surface area contributed by atoms with Crippen LogP contribution < -0.4 is 4.90 Å². The Morgan fingerprint density at radius 3 is 2.61 bits per heavy atom. The van der Waals surface area contributed by atoms with Crippen molar-refractivity contribution in [3.63, 3.8) is 0 Å². The molecule has 2 rings (SSSR count). The van der Waals surface area contributed by atoms with Crippen LogP contribution in [-0.2, 0) is 14.3 Å². The number of anilines is 1. The fraction of sp³-hybridized carbons (Fsp3) is 0.308. The predicted molar refractivity (Wildman–Crippen MR) is 64.5 cm³/mol. The van der Waals surface area contributed by atoms with Crippen LogP contribution in [0.3, 0.4) is 0 Å². The van der Waals surface area contributed by atoms with E-state index in [1.807, 2.05) is 6.92 Å². The van der Waals surface area contributed by atoms with Crippen LogP contribution >= 0.6 is 0 Å². The van der Waals surface area contributed by atoms with Gasteiger partial charge in [-0.15, -0.1) is 0 Å². The summed E-state index contributed by atoms with van der Waals surface area (Å²) in [5, 5.41) is 0. The molecule has 1 aromatic rings. The fourth-order valence-electron chi connectivity index (χ4n) is 1.95. The summed E-state index contributed by atoms with van der Waals surface area (Å²) in [5.41, 5.74) is 1.80. The third-order valence-electron chi connectivity index (χ3n) is 2.90. The summed E-state index contributed by atoms with van der Waals surface area (Å²) in [6.07, 6.45) is -0.0676. The van der Waals surface area contributed by atoms with Gasteiger partial charge in [0.1, 0.15) is 0 Å². The van der Waals surface area contributed by atoms with Crippen molar-refractivity contribution in [3.8, 4) is 0 Å². The van der Waals surface area contributed by atoms with Gasteiger partial charge in [-0.1, -0.05) is 6.07 Å². The smallest absolute Gasteiger partial charge is 0.337 e. The van der Waals surface area contributed by atoms with E-state index < -0.39 is 5.97 Å². The SMILES string of the molecule is COC(=O)c1ccc(C)c(N2CC(=O)CC2=O)c1. The second-order valence-electron chi connectivity index (χ2n) is 4.19. The third-order valence-corrected chi connectivity index (χ3v) is 2.90. The van der Waals surface area contributed by atoms with E-state index >= 15 is 0 Å². The van der Waals surface area contributed by atoms with E-state index in [9.17, 15) is 14.4 Å². The molecule has 0 spiro atoms. The van der Waals surface area contributed by atoms with E-state index in [-0.39, 0.29) is 24.7 Å². The molecule has 1 aliphatic heterocycles. The third kappa shape index (κ3) is 2.11. The number of rotatable bonds is 2. The molecule has 0 N–H and O–H groups in total. The summed E-state index contributed by atoms with van der Waals surface area (Å²) in [5.74, 6) is -0.804. The van der Waals surface area contributed by atoms with Gasteiger partial charge in [0, 0.05) is 5.69 Å². The quantitative estimate of drug-likeness (QED) is 0.579. The molecule has 1 heterocycles. The number of methoxy groups -OCH3 is 1. The minimum atomic E-state index is -0.464. The van der Waals surface area contributed by atoms with E-state index in [1.54, 1.807) is 18.2 Å². The highest BCUT2D eigenvalue weighted by Gasteiger charge is 2.29. The average Bonchev–Trinajstić information content (AvgIpc) is 2.68. The van der Waals surface area contributed by atoms with Crippen LogP contribution in [0.4, 0.5) is 5.69 Å². The number of carbonyl (C=O) groups is 3. The molecule has 5 nitrogen and oxygen atoms in total. The monoisotopic (exact) mass is 247 g/mol. The molecule has 1 aliphatic rings. The van der Waals surface area contributed by atoms with Crippen LogP contribution in [0, 0.1) is 6.92 Å². The molecule has 1 saturated heterocycles. The first-order valence-corrected chi connectivity index (χ1v) is 5.54. The highest BCUT2D eigenvalue weighted by molar-refractivity contribution is 6.15. The molecule has 1 fully saturated rings. The van der Waals surface area contributed by atoms with E-state index in [0.717, 1.165) is 5.56 Å². The summed E-state index contributed by atoms with van der Waals surface area (Å²) in [6, 6.07) is 4.95. The first-order chi connectivity index (χ1) is 8.52. The molecule has 1 aromatic carbocycles. The van der Waals surface area contributed by atoms with Crippen LogP contribution in [0.15, 0.2) is 18.2 Å². The van der Waals surface area contributed by atoms with E-state index in [1.165, 1.54) is 12.0 Å². The van der Waals surface area contributed by atoms with Crippen molar-refractivity contribution in [2.24, 2.45) is 0 Å². The molecular weight excluding hydrogens is 234 g/mol. The van der Waals surface area contributed by atoms with Gasteiger partial charge in [0.2, 0.25) is 5.91 Å². The van der Waals surface area contributed by atoms with Crippen LogP contribution in [-0.4, -0.2) is 31.3 Å². The largest absolute Gasteiger partial charge is 0.465 e. The van der Waals surface area contributed by atoms with Crippen LogP contribution in [0.25, 0.3) is 0 Å². The van der Waals surface area contributed by atoms with Gasteiger partial charge >= 0.3 is 5.97 Å². The lowest BCUT2D eigenvalue weighted by Gasteiger charge is -2.18. The minimum Gasteiger partial charge on any atom is -0.465 e. The molecule has 0 radical (unpaired) electrons. The van der Waals surface area contributed by atoms with Crippen LogP contribution in [0.1, 0.15) is 22.3 Å². The Morgan fingerprint density at radius 2 is 2.06 bits per heavy atom. The van der Waals surface area contributed by atoms with Gasteiger partial charge in [0.25, 0.3) is 0 Å². The Morgan fingerprint density at radius 1 is 1.33 bits per heavy atom. The normalized spacial score (nSPS) is 15.1. The Hall–Kier alpha value is -2.17. The van der Waals surface area contributed by atoms with E-state index in [0.29, 0.717) is 11.3 Å². The number of nitrogens with zero attached hydrogens (tertiary/aromatic N) is 1. The molecular formula is C13H13NO4. The van der Waals surface area contributed by atoms with Crippen LogP contribution in [0.5, 0.6) is 0 Å². The van der Waals surface area contributed by atoms with Gasteiger partial charge in [-0.2, -0.15) is 0 Å². The maximum absolute atomic E-state index is 11.7. The summed E-state index contributed by atoms with van der Waals surface area (Å²) in [7, 11) is 1.30. The fourth-order valence-corrected chi connectivity index (χ4v) is 1.95. The topological polar surface area (TPSA) is 63.7 Å². The zero-order chi connectivity index (χ0) is 13.3.